The van der Waals surface area contributed by atoms with Gasteiger partial charge in [-0.1, -0.05) is 13.0 Å². The highest BCUT2D eigenvalue weighted by molar-refractivity contribution is 6.62. The molecule has 1 saturated heterocycles. The van der Waals surface area contributed by atoms with Gasteiger partial charge in [0.25, 0.3) is 0 Å². The maximum Gasteiger partial charge on any atom is 0.506 e. The molecule has 0 spiro atoms. The maximum atomic E-state index is 6.02. The predicted molar refractivity (Wildman–Crippen MR) is 79.7 cm³/mol. The molecule has 118 valence electrons. The average molecular weight is 304 g/mol. The van der Waals surface area contributed by atoms with Gasteiger partial charge in [-0.15, -0.1) is 6.58 Å². The number of rotatable bonds is 12. The molecule has 1 aliphatic heterocycles. The molecule has 1 aliphatic rings. The fourth-order valence-corrected chi connectivity index (χ4v) is 5.22. The number of ether oxygens (including phenoxy) is 2. The summed E-state index contributed by atoms with van der Waals surface area (Å²) in [7, 11) is 2.22. The lowest BCUT2D eigenvalue weighted by atomic mass is 10.1. The Labute approximate surface area is 123 Å². The van der Waals surface area contributed by atoms with Crippen LogP contribution < -0.4 is 0 Å². The second-order valence-electron chi connectivity index (χ2n) is 4.92. The fourth-order valence-electron chi connectivity index (χ4n) is 2.51. The molecule has 0 bridgehead atoms. The van der Waals surface area contributed by atoms with E-state index in [0.717, 1.165) is 25.9 Å². The van der Waals surface area contributed by atoms with E-state index in [2.05, 4.69) is 13.5 Å². The topological polar surface area (TPSA) is 49.5 Å². The summed E-state index contributed by atoms with van der Waals surface area (Å²) < 4.78 is 28.2. The zero-order valence-electron chi connectivity index (χ0n) is 13.1. The van der Waals surface area contributed by atoms with Crippen LogP contribution in [0.3, 0.4) is 0 Å². The van der Waals surface area contributed by atoms with Crippen LogP contribution in [0.5, 0.6) is 0 Å². The van der Waals surface area contributed by atoms with Crippen molar-refractivity contribution >= 4 is 8.80 Å². The zero-order chi connectivity index (χ0) is 15.0. The molecule has 1 fully saturated rings. The van der Waals surface area contributed by atoms with Crippen LogP contribution >= 0.6 is 0 Å². The molecular formula is C14H28O5Si. The van der Waals surface area contributed by atoms with Crippen molar-refractivity contribution in [2.24, 2.45) is 0 Å². The minimum atomic E-state index is -2.73. The van der Waals surface area contributed by atoms with Crippen LogP contribution in [-0.4, -0.2) is 55.6 Å². The van der Waals surface area contributed by atoms with Gasteiger partial charge in [0.1, 0.15) is 6.10 Å². The molecule has 0 N–H and O–H groups in total. The normalized spacial score (nSPS) is 21.5. The van der Waals surface area contributed by atoms with Gasteiger partial charge in [0.2, 0.25) is 0 Å². The molecule has 0 aromatic rings. The molecule has 0 aliphatic carbocycles. The van der Waals surface area contributed by atoms with Crippen molar-refractivity contribution in [3.63, 3.8) is 0 Å². The second kappa shape index (κ2) is 8.91. The summed E-state index contributed by atoms with van der Waals surface area (Å²) in [6.07, 6.45) is 4.87. The Balaban J connectivity index is 2.78. The van der Waals surface area contributed by atoms with Crippen molar-refractivity contribution in [3.05, 3.63) is 12.7 Å². The van der Waals surface area contributed by atoms with Crippen LogP contribution in [0.15, 0.2) is 12.7 Å². The standard InChI is InChI=1S/C14H28O5Si/c1-6-8-9-14(20(15-3,16-4)17-5)13(7-2)19-11-12-10-18-12/h6,12-14H,1,7-11H2,2-5H3. The molecule has 1 heterocycles. The Morgan fingerprint density at radius 1 is 1.30 bits per heavy atom. The third kappa shape index (κ3) is 4.65. The van der Waals surface area contributed by atoms with Crippen molar-refractivity contribution in [1.29, 1.82) is 0 Å². The SMILES string of the molecule is C=CCCC(C(CC)OCC1CO1)[Si](OC)(OC)OC. The van der Waals surface area contributed by atoms with Crippen LogP contribution in [0.2, 0.25) is 5.54 Å². The van der Waals surface area contributed by atoms with E-state index < -0.39 is 8.80 Å². The summed E-state index contributed by atoms with van der Waals surface area (Å²) in [5.74, 6) is 0. The smallest absolute Gasteiger partial charge is 0.377 e. The van der Waals surface area contributed by atoms with Gasteiger partial charge in [0, 0.05) is 21.3 Å². The first-order valence-electron chi connectivity index (χ1n) is 7.16. The van der Waals surface area contributed by atoms with Crippen LogP contribution in [0.1, 0.15) is 26.2 Å². The zero-order valence-corrected chi connectivity index (χ0v) is 14.1. The first-order valence-corrected chi connectivity index (χ1v) is 8.97. The third-order valence-electron chi connectivity index (χ3n) is 3.74. The van der Waals surface area contributed by atoms with Crippen molar-refractivity contribution in [2.45, 2.75) is 43.9 Å². The Kier molecular flexibility index (Phi) is 7.94. The van der Waals surface area contributed by atoms with Crippen molar-refractivity contribution < 1.29 is 22.8 Å². The molecule has 0 amide bonds. The van der Waals surface area contributed by atoms with Gasteiger partial charge in [0.05, 0.1) is 24.9 Å². The monoisotopic (exact) mass is 304 g/mol. The molecule has 0 saturated carbocycles. The summed E-state index contributed by atoms with van der Waals surface area (Å²) in [5.41, 5.74) is 0.101. The molecule has 20 heavy (non-hydrogen) atoms. The summed E-state index contributed by atoms with van der Waals surface area (Å²) >= 11 is 0. The molecule has 1 rings (SSSR count). The van der Waals surface area contributed by atoms with Gasteiger partial charge in [-0.3, -0.25) is 0 Å². The second-order valence-corrected chi connectivity index (χ2v) is 8.10. The Morgan fingerprint density at radius 3 is 2.30 bits per heavy atom. The maximum absolute atomic E-state index is 6.02. The largest absolute Gasteiger partial charge is 0.506 e. The molecule has 6 heteroatoms. The van der Waals surface area contributed by atoms with E-state index in [4.69, 9.17) is 22.8 Å². The summed E-state index contributed by atoms with van der Waals surface area (Å²) in [4.78, 5) is 0. The minimum absolute atomic E-state index is 0.0469. The van der Waals surface area contributed by atoms with Crippen molar-refractivity contribution in [3.8, 4) is 0 Å². The van der Waals surface area contributed by atoms with E-state index >= 15 is 0 Å². The van der Waals surface area contributed by atoms with E-state index in [1.165, 1.54) is 0 Å². The average Bonchev–Trinajstić information content (AvgIpc) is 3.30. The van der Waals surface area contributed by atoms with E-state index in [-0.39, 0.29) is 17.7 Å². The van der Waals surface area contributed by atoms with Gasteiger partial charge in [-0.05, 0) is 19.3 Å². The van der Waals surface area contributed by atoms with Crippen molar-refractivity contribution in [2.75, 3.05) is 34.5 Å². The van der Waals surface area contributed by atoms with Gasteiger partial charge < -0.3 is 22.8 Å². The van der Waals surface area contributed by atoms with Gasteiger partial charge >= 0.3 is 8.80 Å². The molecule has 0 aromatic carbocycles. The van der Waals surface area contributed by atoms with Crippen LogP contribution in [0.4, 0.5) is 0 Å². The molecule has 5 nitrogen and oxygen atoms in total. The highest BCUT2D eigenvalue weighted by atomic mass is 28.4. The van der Waals surface area contributed by atoms with E-state index in [1.807, 2.05) is 6.08 Å². The van der Waals surface area contributed by atoms with Crippen LogP contribution in [0.25, 0.3) is 0 Å². The minimum Gasteiger partial charge on any atom is -0.377 e. The molecule has 0 radical (unpaired) electrons. The van der Waals surface area contributed by atoms with Gasteiger partial charge in [-0.25, -0.2) is 0 Å². The van der Waals surface area contributed by atoms with Crippen LogP contribution in [-0.2, 0) is 22.8 Å². The van der Waals surface area contributed by atoms with Gasteiger partial charge in [-0.2, -0.15) is 0 Å². The summed E-state index contributed by atoms with van der Waals surface area (Å²) in [6, 6.07) is 0. The number of epoxide rings is 1. The predicted octanol–water partition coefficient (Wildman–Crippen LogP) is 2.39. The molecule has 0 aromatic heterocycles. The summed E-state index contributed by atoms with van der Waals surface area (Å²) in [6.45, 7) is 7.33. The molecule has 3 atom stereocenters. The lowest BCUT2D eigenvalue weighted by Gasteiger charge is -2.36. The first kappa shape index (κ1) is 17.8. The van der Waals surface area contributed by atoms with E-state index in [0.29, 0.717) is 6.61 Å². The Bertz CT molecular complexity index is 270. The highest BCUT2D eigenvalue weighted by Crippen LogP contribution is 2.35. The number of allylic oxidation sites excluding steroid dienone is 1. The lowest BCUT2D eigenvalue weighted by molar-refractivity contribution is 0.00672. The fraction of sp³-hybridized carbons (Fsp3) is 0.857. The molecule has 3 unspecified atom stereocenters. The van der Waals surface area contributed by atoms with E-state index in [9.17, 15) is 0 Å². The summed E-state index contributed by atoms with van der Waals surface area (Å²) in [5, 5.41) is 0. The lowest BCUT2D eigenvalue weighted by Crippen LogP contribution is -2.52. The van der Waals surface area contributed by atoms with Crippen molar-refractivity contribution in [1.82, 2.24) is 0 Å². The highest BCUT2D eigenvalue weighted by Gasteiger charge is 2.50. The molecular weight excluding hydrogens is 276 g/mol. The van der Waals surface area contributed by atoms with Gasteiger partial charge in [0.15, 0.2) is 0 Å². The Morgan fingerprint density at radius 2 is 1.90 bits per heavy atom. The first-order chi connectivity index (χ1) is 9.67. The number of hydrogen-bond acceptors (Lipinski definition) is 5. The quantitative estimate of drug-likeness (QED) is 0.315. The Hall–Kier alpha value is -0.243. The number of hydrogen-bond donors (Lipinski definition) is 0. The van der Waals surface area contributed by atoms with E-state index in [1.54, 1.807) is 21.3 Å². The van der Waals surface area contributed by atoms with Crippen LogP contribution in [0, 0.1) is 0 Å². The third-order valence-corrected chi connectivity index (χ3v) is 7.02.